The molecule has 74 heavy (non-hydrogen) atoms. The molecule has 0 fully saturated rings. The van der Waals surface area contributed by atoms with Crippen LogP contribution in [-0.4, -0.2) is 16.5 Å². The van der Waals surface area contributed by atoms with Gasteiger partial charge in [0, 0.05) is 10.7 Å². The van der Waals surface area contributed by atoms with Crippen molar-refractivity contribution in [1.82, 2.24) is 15.0 Å². The first-order chi connectivity index (χ1) is 33.8. The van der Waals surface area contributed by atoms with E-state index < -0.39 is 0 Å². The van der Waals surface area contributed by atoms with Gasteiger partial charge in [-0.3, -0.25) is 4.79 Å². The Hall–Kier alpha value is -6.10. The van der Waals surface area contributed by atoms with E-state index in [9.17, 15) is 4.79 Å². The first-order valence-electron chi connectivity index (χ1n) is 26.2. The zero-order chi connectivity index (χ0) is 53.0. The number of nitrogens with one attached hydrogen (secondary N) is 1. The monoisotopic (exact) mass is 1030 g/mol. The van der Waals surface area contributed by atoms with Gasteiger partial charge >= 0.3 is 19.5 Å². The summed E-state index contributed by atoms with van der Waals surface area (Å²) >= 11 is 0. The van der Waals surface area contributed by atoms with Crippen molar-refractivity contribution in [3.8, 4) is 0 Å². The fourth-order valence-corrected chi connectivity index (χ4v) is 9.88. The molecule has 376 valence electrons. The first kappa shape index (κ1) is 54.2. The summed E-state index contributed by atoms with van der Waals surface area (Å²) in [5.74, 6) is -0.0468. The zero-order valence-electron chi connectivity index (χ0n) is 47.6. The van der Waals surface area contributed by atoms with Gasteiger partial charge in [-0.2, -0.15) is 0 Å². The molecule has 0 amide bonds. The van der Waals surface area contributed by atoms with Gasteiger partial charge in [0.1, 0.15) is 0 Å². The number of allylic oxidation sites excluding steroid dienone is 8. The van der Waals surface area contributed by atoms with Gasteiger partial charge in [0.25, 0.3) is 0 Å². The van der Waals surface area contributed by atoms with Crippen LogP contribution in [0.2, 0.25) is 0 Å². The third kappa shape index (κ3) is 10.9. The van der Waals surface area contributed by atoms with Gasteiger partial charge < -0.3 is 15.0 Å². The number of nitrogens with zero attached hydrogens (tertiary/aromatic N) is 3. The SMILES string of the molecule is CC(C)(C)c1cc(/C2=C3\C=CC(=N3)C(=C3C=CC(=O)C=C3)c3ccc([n-]3)/C(c3cc(C(C)(C)C)cc(C(C)(C)C)c3)=c3/cc/c([nH]3)=C(\c3cc(C(C)(C)C)cc(C(C)(C)C)c3)c3ccc2[n-]3)cc(C(C)(C)C)c1.[Zn+2]. The molecule has 1 N–H and O–H groups in total. The van der Waals surface area contributed by atoms with Gasteiger partial charge in [-0.25, -0.2) is 4.99 Å². The topological polar surface area (TPSA) is 73.4 Å². The van der Waals surface area contributed by atoms with Crippen LogP contribution in [0.1, 0.15) is 197 Å². The van der Waals surface area contributed by atoms with Crippen molar-refractivity contribution >= 4 is 33.8 Å². The summed E-state index contributed by atoms with van der Waals surface area (Å²) in [6.45, 7) is 41.2. The Morgan fingerprint density at radius 1 is 0.365 bits per heavy atom. The molecule has 0 unspecified atom stereocenters. The Bertz CT molecular complexity index is 3440. The molecule has 6 aromatic rings. The van der Waals surface area contributed by atoms with Crippen molar-refractivity contribution in [3.05, 3.63) is 222 Å². The van der Waals surface area contributed by atoms with Gasteiger partial charge in [0.05, 0.1) is 11.4 Å². The third-order valence-corrected chi connectivity index (χ3v) is 14.7. The zero-order valence-corrected chi connectivity index (χ0v) is 50.5. The Kier molecular flexibility index (Phi) is 13.9. The van der Waals surface area contributed by atoms with Gasteiger partial charge in [0.2, 0.25) is 0 Å². The number of hydrogen-bond donors (Lipinski definition) is 1. The van der Waals surface area contributed by atoms with Crippen LogP contribution >= 0.6 is 0 Å². The summed E-state index contributed by atoms with van der Waals surface area (Å²) in [6.07, 6.45) is 11.3. The molecule has 0 spiro atoms. The predicted octanol–water partition coefficient (Wildman–Crippen LogP) is 14.4. The van der Waals surface area contributed by atoms with Crippen molar-refractivity contribution < 1.29 is 24.3 Å². The maximum Gasteiger partial charge on any atom is 2.00 e. The second kappa shape index (κ2) is 18.9. The molecular formula is C68H76N4OZn. The maximum absolute atomic E-state index is 12.7. The van der Waals surface area contributed by atoms with Crippen molar-refractivity contribution in [2.45, 2.75) is 157 Å². The third-order valence-electron chi connectivity index (χ3n) is 14.7. The molecule has 0 saturated carbocycles. The summed E-state index contributed by atoms with van der Waals surface area (Å²) in [5.41, 5.74) is 19.8. The van der Waals surface area contributed by atoms with E-state index >= 15 is 0 Å². The van der Waals surface area contributed by atoms with Crippen LogP contribution in [0, 0.1) is 0 Å². The van der Waals surface area contributed by atoms with E-state index in [1.165, 1.54) is 33.4 Å². The molecule has 0 radical (unpaired) electrons. The van der Waals surface area contributed by atoms with E-state index in [2.05, 4.69) is 233 Å². The maximum atomic E-state index is 12.7. The van der Waals surface area contributed by atoms with Crippen LogP contribution in [-0.2, 0) is 56.8 Å². The second-order valence-corrected chi connectivity index (χ2v) is 26.9. The number of ketones is 1. The minimum absolute atomic E-state index is 0. The van der Waals surface area contributed by atoms with Gasteiger partial charge in [-0.15, -0.1) is 22.8 Å². The molecule has 8 bridgehead atoms. The second-order valence-electron chi connectivity index (χ2n) is 26.9. The Balaban J connectivity index is 0.00000729. The number of aliphatic imine (C=N–C) groups is 1. The van der Waals surface area contributed by atoms with Gasteiger partial charge in [0.15, 0.2) is 5.78 Å². The molecule has 9 rings (SSSR count). The fourth-order valence-electron chi connectivity index (χ4n) is 9.88. The van der Waals surface area contributed by atoms with Crippen LogP contribution < -0.4 is 20.7 Å². The van der Waals surface area contributed by atoms with Crippen molar-refractivity contribution in [1.29, 1.82) is 0 Å². The van der Waals surface area contributed by atoms with E-state index in [1.54, 1.807) is 12.2 Å². The normalized spacial score (nSPS) is 18.1. The molecule has 5 heterocycles. The first-order valence-corrected chi connectivity index (χ1v) is 26.2. The number of H-pyrrole nitrogens is 1. The number of aromatic amines is 1. The predicted molar refractivity (Wildman–Crippen MR) is 307 cm³/mol. The quantitative estimate of drug-likeness (QED) is 0.180. The van der Waals surface area contributed by atoms with Crippen molar-refractivity contribution in [2.24, 2.45) is 4.99 Å². The Labute approximate surface area is 454 Å². The van der Waals surface area contributed by atoms with Crippen LogP contribution in [0.4, 0.5) is 0 Å². The van der Waals surface area contributed by atoms with Crippen molar-refractivity contribution in [3.63, 3.8) is 0 Å². The van der Waals surface area contributed by atoms with Crippen molar-refractivity contribution in [2.75, 3.05) is 0 Å². The van der Waals surface area contributed by atoms with E-state index in [-0.39, 0.29) is 57.8 Å². The van der Waals surface area contributed by atoms with E-state index in [0.717, 1.165) is 89.4 Å². The number of fused-ring (bicyclic) bond motifs is 7. The van der Waals surface area contributed by atoms with E-state index in [4.69, 9.17) is 15.0 Å². The summed E-state index contributed by atoms with van der Waals surface area (Å²) in [7, 11) is 0. The average molecular weight is 1030 g/mol. The summed E-state index contributed by atoms with van der Waals surface area (Å²) in [5, 5.41) is 1.92. The van der Waals surface area contributed by atoms with Crippen LogP contribution in [0.25, 0.3) is 22.3 Å². The van der Waals surface area contributed by atoms with E-state index in [1.807, 2.05) is 12.2 Å². The molecule has 5 nitrogen and oxygen atoms in total. The Morgan fingerprint density at radius 2 is 0.676 bits per heavy atom. The molecule has 3 aromatic carbocycles. The summed E-state index contributed by atoms with van der Waals surface area (Å²) in [6, 6.07) is 34.4. The largest absolute Gasteiger partial charge is 2.00 e. The molecule has 0 atom stereocenters. The molecular weight excluding hydrogens is 954 g/mol. The van der Waals surface area contributed by atoms with Crippen LogP contribution in [0.3, 0.4) is 0 Å². The minimum atomic E-state index is -0.118. The molecule has 3 aliphatic rings. The fraction of sp³-hybridized carbons (Fsp3) is 0.353. The summed E-state index contributed by atoms with van der Waals surface area (Å²) in [4.78, 5) is 33.7. The average Bonchev–Trinajstić information content (AvgIpc) is 4.13. The molecule has 0 saturated heterocycles. The number of rotatable bonds is 3. The summed E-state index contributed by atoms with van der Waals surface area (Å²) < 4.78 is 0. The molecule has 2 aliphatic heterocycles. The van der Waals surface area contributed by atoms with E-state index in [0.29, 0.717) is 0 Å². The standard InChI is InChI=1S/C68H77N4O.Zn/c1-63(2,3)44-31-41(32-45(37-44)64(4,5)6)60-53-25-23-51(69-53)59(40-19-21-50(73)22-20-40)52-24-26-54(70-52)61(42-33-46(65(7,8)9)38-47(34-42)66(10,11)12)56-28-30-58(72-56)62(57-29-27-55(60)71-57)43-35-48(67(13,14)15)39-49(36-43)68(16,17)18;/h19-39H,1-18H3,(H2-,69,70,71,72,73);/q-1;+2/p-1/b59-51?,59-52?,60-53-,60-55?,61-54?,61-56-,62-57?,62-58-;. The van der Waals surface area contributed by atoms with Gasteiger partial charge in [-0.1, -0.05) is 216 Å². The molecule has 3 aromatic heterocycles. The Morgan fingerprint density at radius 3 is 1.01 bits per heavy atom. The van der Waals surface area contributed by atoms with Gasteiger partial charge in [-0.05, 0) is 147 Å². The number of carbonyl (C=O) groups excluding carboxylic acids is 1. The van der Waals surface area contributed by atoms with Crippen LogP contribution in [0.15, 0.2) is 144 Å². The number of hydrogen-bond acceptors (Lipinski definition) is 2. The minimum Gasteiger partial charge on any atom is -0.657 e. The molecule has 1 aliphatic carbocycles. The number of carbonyl (C=O) groups is 1. The number of benzene rings is 3. The smallest absolute Gasteiger partial charge is 0.657 e. The number of aromatic nitrogens is 3. The van der Waals surface area contributed by atoms with Crippen LogP contribution in [0.5, 0.6) is 0 Å². The molecule has 6 heteroatoms.